The fourth-order valence-corrected chi connectivity index (χ4v) is 0.628. The Bertz CT molecular complexity index is 231. The minimum atomic E-state index is 0.192. The summed E-state index contributed by atoms with van der Waals surface area (Å²) in [6.07, 6.45) is 2.64. The molecule has 0 fully saturated rings. The number of hydrogen-bond donors (Lipinski definition) is 0. The smallest absolute Gasteiger partial charge is 0.169 e. The molecule has 0 amide bonds. The minimum absolute atomic E-state index is 0.192. The third-order valence-corrected chi connectivity index (χ3v) is 1.11. The Morgan fingerprint density at radius 1 is 1.30 bits per heavy atom. The van der Waals surface area contributed by atoms with Gasteiger partial charge in [-0.3, -0.25) is 14.6 Å². The standard InChI is InChI=1S/C7H5NO2/c9-4-6-2-1-3-8-7(6)5-10/h1-5H. The topological polar surface area (TPSA) is 47.0 Å². The summed E-state index contributed by atoms with van der Waals surface area (Å²) < 4.78 is 0. The fourth-order valence-electron chi connectivity index (χ4n) is 0.628. The van der Waals surface area contributed by atoms with Gasteiger partial charge in [-0.2, -0.15) is 0 Å². The average Bonchev–Trinajstić information content (AvgIpc) is 2.04. The van der Waals surface area contributed by atoms with Gasteiger partial charge in [-0.15, -0.1) is 0 Å². The van der Waals surface area contributed by atoms with Crippen molar-refractivity contribution < 1.29 is 9.59 Å². The molecular weight excluding hydrogens is 130 g/mol. The van der Waals surface area contributed by atoms with E-state index in [1.54, 1.807) is 12.1 Å². The molecule has 0 saturated carbocycles. The maximum atomic E-state index is 10.2. The second-order valence-corrected chi connectivity index (χ2v) is 1.71. The summed E-state index contributed by atoms with van der Waals surface area (Å²) >= 11 is 0. The molecule has 3 heteroatoms. The van der Waals surface area contributed by atoms with E-state index in [1.807, 2.05) is 0 Å². The van der Waals surface area contributed by atoms with E-state index in [4.69, 9.17) is 0 Å². The van der Waals surface area contributed by atoms with Crippen LogP contribution in [0.25, 0.3) is 0 Å². The van der Waals surface area contributed by atoms with Gasteiger partial charge >= 0.3 is 0 Å². The van der Waals surface area contributed by atoms with Crippen LogP contribution in [-0.4, -0.2) is 17.6 Å². The van der Waals surface area contributed by atoms with Gasteiger partial charge in [-0.1, -0.05) is 0 Å². The Kier molecular flexibility index (Phi) is 1.89. The van der Waals surface area contributed by atoms with Crippen molar-refractivity contribution >= 4 is 12.6 Å². The lowest BCUT2D eigenvalue weighted by Gasteiger charge is -1.90. The summed E-state index contributed by atoms with van der Waals surface area (Å²) in [5.41, 5.74) is 0.523. The van der Waals surface area contributed by atoms with E-state index in [0.717, 1.165) is 0 Å². The van der Waals surface area contributed by atoms with Crippen LogP contribution in [0.1, 0.15) is 20.8 Å². The monoisotopic (exact) mass is 135 g/mol. The van der Waals surface area contributed by atoms with Gasteiger partial charge in [0.05, 0.1) is 0 Å². The third-order valence-electron chi connectivity index (χ3n) is 1.11. The molecule has 0 saturated heterocycles. The zero-order valence-corrected chi connectivity index (χ0v) is 5.15. The van der Waals surface area contributed by atoms with Gasteiger partial charge in [0, 0.05) is 11.8 Å². The summed E-state index contributed by atoms with van der Waals surface area (Å²) in [7, 11) is 0. The second-order valence-electron chi connectivity index (χ2n) is 1.71. The lowest BCUT2D eigenvalue weighted by molar-refractivity contribution is 0.109. The van der Waals surface area contributed by atoms with Gasteiger partial charge in [0.2, 0.25) is 0 Å². The summed E-state index contributed by atoms with van der Waals surface area (Å²) in [4.78, 5) is 24.0. The number of carbonyl (C=O) groups is 2. The summed E-state index contributed by atoms with van der Waals surface area (Å²) in [5.74, 6) is 0. The predicted octanol–water partition coefficient (Wildman–Crippen LogP) is 0.707. The number of nitrogens with zero attached hydrogens (tertiary/aromatic N) is 1. The second kappa shape index (κ2) is 2.87. The SMILES string of the molecule is O=Cc1cccnc1C=O. The van der Waals surface area contributed by atoms with Gasteiger partial charge in [0.25, 0.3) is 0 Å². The molecule has 3 nitrogen and oxygen atoms in total. The van der Waals surface area contributed by atoms with Crippen LogP contribution in [0.5, 0.6) is 0 Å². The fraction of sp³-hybridized carbons (Fsp3) is 0. The highest BCUT2D eigenvalue weighted by atomic mass is 16.1. The van der Waals surface area contributed by atoms with Crippen molar-refractivity contribution in [1.82, 2.24) is 4.98 Å². The number of carbonyl (C=O) groups excluding carboxylic acids is 2. The van der Waals surface area contributed by atoms with Gasteiger partial charge in [0.1, 0.15) is 5.69 Å². The molecule has 0 aliphatic carbocycles. The maximum Gasteiger partial charge on any atom is 0.169 e. The molecule has 0 aliphatic heterocycles. The summed E-state index contributed by atoms with van der Waals surface area (Å²) in [6.45, 7) is 0. The van der Waals surface area contributed by atoms with E-state index in [0.29, 0.717) is 18.1 Å². The molecule has 0 bridgehead atoms. The molecule has 0 spiro atoms. The van der Waals surface area contributed by atoms with Crippen LogP contribution in [0.15, 0.2) is 18.3 Å². The van der Waals surface area contributed by atoms with E-state index in [1.165, 1.54) is 6.20 Å². The first-order chi connectivity index (χ1) is 4.88. The number of rotatable bonds is 2. The highest BCUT2D eigenvalue weighted by molar-refractivity contribution is 5.88. The zero-order valence-electron chi connectivity index (χ0n) is 5.15. The summed E-state index contributed by atoms with van der Waals surface area (Å²) in [5, 5.41) is 0. The van der Waals surface area contributed by atoms with Crippen molar-refractivity contribution in [3.8, 4) is 0 Å². The van der Waals surface area contributed by atoms with E-state index in [9.17, 15) is 9.59 Å². The van der Waals surface area contributed by atoms with Crippen molar-refractivity contribution in [2.24, 2.45) is 0 Å². The van der Waals surface area contributed by atoms with Gasteiger partial charge < -0.3 is 0 Å². The highest BCUT2D eigenvalue weighted by Crippen LogP contribution is 1.97. The van der Waals surface area contributed by atoms with E-state index >= 15 is 0 Å². The Balaban J connectivity index is 3.20. The van der Waals surface area contributed by atoms with Crippen LogP contribution in [0.3, 0.4) is 0 Å². The average molecular weight is 135 g/mol. The Labute approximate surface area is 57.7 Å². The molecule has 1 heterocycles. The zero-order chi connectivity index (χ0) is 7.40. The predicted molar refractivity (Wildman–Crippen MR) is 35.0 cm³/mol. The molecule has 0 aliphatic rings. The van der Waals surface area contributed by atoms with Crippen molar-refractivity contribution in [3.63, 3.8) is 0 Å². The molecular formula is C7H5NO2. The Hall–Kier alpha value is -1.51. The van der Waals surface area contributed by atoms with Crippen LogP contribution in [-0.2, 0) is 0 Å². The number of aldehydes is 2. The lowest BCUT2D eigenvalue weighted by Crippen LogP contribution is -1.92. The van der Waals surface area contributed by atoms with Crippen molar-refractivity contribution in [2.45, 2.75) is 0 Å². The van der Waals surface area contributed by atoms with Crippen LogP contribution in [0, 0.1) is 0 Å². The van der Waals surface area contributed by atoms with Crippen molar-refractivity contribution in [1.29, 1.82) is 0 Å². The quantitative estimate of drug-likeness (QED) is 0.561. The molecule has 50 valence electrons. The molecule has 1 aromatic rings. The third kappa shape index (κ3) is 1.07. The van der Waals surface area contributed by atoms with Crippen LogP contribution in [0.2, 0.25) is 0 Å². The molecule has 0 aromatic carbocycles. The minimum Gasteiger partial charge on any atom is -0.298 e. The molecule has 1 rings (SSSR count). The first-order valence-corrected chi connectivity index (χ1v) is 2.74. The van der Waals surface area contributed by atoms with Crippen molar-refractivity contribution in [2.75, 3.05) is 0 Å². The number of pyridine rings is 1. The highest BCUT2D eigenvalue weighted by Gasteiger charge is 1.97. The first-order valence-electron chi connectivity index (χ1n) is 2.74. The van der Waals surface area contributed by atoms with E-state index in [2.05, 4.69) is 4.98 Å². The maximum absolute atomic E-state index is 10.2. The van der Waals surface area contributed by atoms with Crippen LogP contribution >= 0.6 is 0 Å². The largest absolute Gasteiger partial charge is 0.298 e. The van der Waals surface area contributed by atoms with Crippen LogP contribution < -0.4 is 0 Å². The van der Waals surface area contributed by atoms with Gasteiger partial charge in [-0.05, 0) is 12.1 Å². The van der Waals surface area contributed by atoms with Crippen LogP contribution in [0.4, 0.5) is 0 Å². The Morgan fingerprint density at radius 2 is 2.10 bits per heavy atom. The lowest BCUT2D eigenvalue weighted by atomic mass is 10.2. The summed E-state index contributed by atoms with van der Waals surface area (Å²) in [6, 6.07) is 3.15. The van der Waals surface area contributed by atoms with Gasteiger partial charge in [-0.25, -0.2) is 0 Å². The van der Waals surface area contributed by atoms with Gasteiger partial charge in [0.15, 0.2) is 12.6 Å². The number of hydrogen-bond acceptors (Lipinski definition) is 3. The van der Waals surface area contributed by atoms with E-state index < -0.39 is 0 Å². The Morgan fingerprint density at radius 3 is 2.60 bits per heavy atom. The molecule has 1 aromatic heterocycles. The molecule has 0 radical (unpaired) electrons. The molecule has 0 N–H and O–H groups in total. The normalized spacial score (nSPS) is 8.80. The van der Waals surface area contributed by atoms with Crippen molar-refractivity contribution in [3.05, 3.63) is 29.6 Å². The first kappa shape index (κ1) is 6.61. The molecule has 10 heavy (non-hydrogen) atoms. The van der Waals surface area contributed by atoms with E-state index in [-0.39, 0.29) is 5.69 Å². The molecule has 0 unspecified atom stereocenters. The number of aromatic nitrogens is 1. The molecule has 0 atom stereocenters.